The third-order valence-corrected chi connectivity index (χ3v) is 5.13. The second-order valence-corrected chi connectivity index (χ2v) is 8.31. The maximum absolute atomic E-state index is 6.23. The third-order valence-electron chi connectivity index (χ3n) is 3.51. The molecule has 0 saturated carbocycles. The SMILES string of the molecule is CC1(C)Cc2nc(-c3ccc(Br)s3)ncc2C(N)C1. The zero-order valence-electron chi connectivity index (χ0n) is 11.0. The molecule has 19 heavy (non-hydrogen) atoms. The van der Waals surface area contributed by atoms with Gasteiger partial charge in [0.1, 0.15) is 0 Å². The summed E-state index contributed by atoms with van der Waals surface area (Å²) in [7, 11) is 0. The molecule has 1 aliphatic rings. The van der Waals surface area contributed by atoms with Gasteiger partial charge in [-0.25, -0.2) is 9.97 Å². The highest BCUT2D eigenvalue weighted by Crippen LogP contribution is 2.39. The Morgan fingerprint density at radius 3 is 2.89 bits per heavy atom. The largest absolute Gasteiger partial charge is 0.324 e. The number of halogens is 1. The van der Waals surface area contributed by atoms with Crippen molar-refractivity contribution in [1.82, 2.24) is 9.97 Å². The molecule has 0 spiro atoms. The summed E-state index contributed by atoms with van der Waals surface area (Å²) in [5, 5.41) is 0. The van der Waals surface area contributed by atoms with Crippen LogP contribution in [0.4, 0.5) is 0 Å². The predicted octanol–water partition coefficient (Wildman–Crippen LogP) is 3.94. The van der Waals surface area contributed by atoms with Crippen LogP contribution in [-0.2, 0) is 6.42 Å². The molecule has 0 fully saturated rings. The minimum absolute atomic E-state index is 0.0582. The van der Waals surface area contributed by atoms with Crippen molar-refractivity contribution in [3.63, 3.8) is 0 Å². The summed E-state index contributed by atoms with van der Waals surface area (Å²) in [5.41, 5.74) is 8.67. The zero-order chi connectivity index (χ0) is 13.6. The van der Waals surface area contributed by atoms with Gasteiger partial charge in [-0.1, -0.05) is 13.8 Å². The summed E-state index contributed by atoms with van der Waals surface area (Å²) in [4.78, 5) is 10.3. The van der Waals surface area contributed by atoms with E-state index in [1.807, 2.05) is 18.3 Å². The number of fused-ring (bicyclic) bond motifs is 1. The molecule has 2 N–H and O–H groups in total. The second-order valence-electron chi connectivity index (χ2n) is 5.85. The van der Waals surface area contributed by atoms with E-state index in [1.165, 1.54) is 0 Å². The number of hydrogen-bond donors (Lipinski definition) is 1. The van der Waals surface area contributed by atoms with Gasteiger partial charge in [0.15, 0.2) is 5.82 Å². The van der Waals surface area contributed by atoms with E-state index >= 15 is 0 Å². The van der Waals surface area contributed by atoms with Crippen molar-refractivity contribution in [2.45, 2.75) is 32.7 Å². The smallest absolute Gasteiger partial charge is 0.169 e. The van der Waals surface area contributed by atoms with Crippen LogP contribution in [0.1, 0.15) is 37.6 Å². The van der Waals surface area contributed by atoms with Crippen LogP contribution in [0.15, 0.2) is 22.1 Å². The first-order valence-corrected chi connectivity index (χ1v) is 7.93. The van der Waals surface area contributed by atoms with Gasteiger partial charge in [0.25, 0.3) is 0 Å². The molecule has 3 nitrogen and oxygen atoms in total. The maximum Gasteiger partial charge on any atom is 0.169 e. The Morgan fingerprint density at radius 1 is 1.42 bits per heavy atom. The molecular weight excluding hydrogens is 322 g/mol. The average molecular weight is 338 g/mol. The second kappa shape index (κ2) is 4.65. The Kier molecular flexibility index (Phi) is 3.23. The Labute approximate surface area is 125 Å². The van der Waals surface area contributed by atoms with Crippen LogP contribution in [0.3, 0.4) is 0 Å². The van der Waals surface area contributed by atoms with Gasteiger partial charge in [-0.3, -0.25) is 0 Å². The predicted molar refractivity (Wildman–Crippen MR) is 82.1 cm³/mol. The average Bonchev–Trinajstić information content (AvgIpc) is 2.73. The van der Waals surface area contributed by atoms with Crippen molar-refractivity contribution >= 4 is 27.3 Å². The van der Waals surface area contributed by atoms with Crippen molar-refractivity contribution in [3.05, 3.63) is 33.4 Å². The first-order chi connectivity index (χ1) is 8.94. The van der Waals surface area contributed by atoms with Crippen LogP contribution in [0.2, 0.25) is 0 Å². The van der Waals surface area contributed by atoms with Crippen molar-refractivity contribution in [1.29, 1.82) is 0 Å². The molecule has 2 aromatic rings. The molecule has 1 unspecified atom stereocenters. The Hall–Kier alpha value is -0.780. The van der Waals surface area contributed by atoms with E-state index in [0.29, 0.717) is 0 Å². The number of nitrogens with two attached hydrogens (primary N) is 1. The van der Waals surface area contributed by atoms with Crippen molar-refractivity contribution in [3.8, 4) is 10.7 Å². The summed E-state index contributed by atoms with van der Waals surface area (Å²) in [5.74, 6) is 0.805. The molecule has 0 amide bonds. The topological polar surface area (TPSA) is 51.8 Å². The molecule has 0 aromatic carbocycles. The van der Waals surface area contributed by atoms with Crippen LogP contribution >= 0.6 is 27.3 Å². The van der Waals surface area contributed by atoms with Gasteiger partial charge in [0, 0.05) is 23.5 Å². The maximum atomic E-state index is 6.23. The Balaban J connectivity index is 2.04. The van der Waals surface area contributed by atoms with E-state index in [9.17, 15) is 0 Å². The minimum atomic E-state index is 0.0582. The van der Waals surface area contributed by atoms with E-state index in [4.69, 9.17) is 10.7 Å². The summed E-state index contributed by atoms with van der Waals surface area (Å²) in [6.45, 7) is 4.50. The number of hydrogen-bond acceptors (Lipinski definition) is 4. The van der Waals surface area contributed by atoms with Crippen molar-refractivity contribution in [2.75, 3.05) is 0 Å². The molecule has 1 atom stereocenters. The molecule has 0 aliphatic heterocycles. The number of aromatic nitrogens is 2. The standard InChI is InChI=1S/C14H16BrN3S/c1-14(2)5-9(16)8-7-17-13(18-10(8)6-14)11-3-4-12(15)19-11/h3-4,7,9H,5-6,16H2,1-2H3. The van der Waals surface area contributed by atoms with Crippen LogP contribution in [0.5, 0.6) is 0 Å². The van der Waals surface area contributed by atoms with Crippen LogP contribution in [-0.4, -0.2) is 9.97 Å². The lowest BCUT2D eigenvalue weighted by Crippen LogP contribution is -2.30. The number of rotatable bonds is 1. The highest BCUT2D eigenvalue weighted by atomic mass is 79.9. The lowest BCUT2D eigenvalue weighted by atomic mass is 9.74. The third kappa shape index (κ3) is 2.59. The van der Waals surface area contributed by atoms with Crippen LogP contribution < -0.4 is 5.73 Å². The van der Waals surface area contributed by atoms with Gasteiger partial charge in [-0.2, -0.15) is 0 Å². The van der Waals surface area contributed by atoms with E-state index < -0.39 is 0 Å². The van der Waals surface area contributed by atoms with E-state index in [2.05, 4.69) is 34.8 Å². The van der Waals surface area contributed by atoms with E-state index in [-0.39, 0.29) is 11.5 Å². The minimum Gasteiger partial charge on any atom is -0.324 e. The highest BCUT2D eigenvalue weighted by Gasteiger charge is 2.31. The van der Waals surface area contributed by atoms with Crippen molar-refractivity contribution < 1.29 is 0 Å². The zero-order valence-corrected chi connectivity index (χ0v) is 13.4. The van der Waals surface area contributed by atoms with Gasteiger partial charge in [-0.15, -0.1) is 11.3 Å². The van der Waals surface area contributed by atoms with Gasteiger partial charge in [0.05, 0.1) is 8.66 Å². The van der Waals surface area contributed by atoms with Gasteiger partial charge < -0.3 is 5.73 Å². The van der Waals surface area contributed by atoms with E-state index in [1.54, 1.807) is 11.3 Å². The van der Waals surface area contributed by atoms with Gasteiger partial charge in [-0.05, 0) is 46.3 Å². The van der Waals surface area contributed by atoms with E-state index in [0.717, 1.165) is 38.6 Å². The molecule has 0 saturated heterocycles. The lowest BCUT2D eigenvalue weighted by molar-refractivity contribution is 0.278. The summed E-state index contributed by atoms with van der Waals surface area (Å²) >= 11 is 5.13. The molecule has 0 bridgehead atoms. The molecule has 5 heteroatoms. The fraction of sp³-hybridized carbons (Fsp3) is 0.429. The van der Waals surface area contributed by atoms with Gasteiger partial charge >= 0.3 is 0 Å². The van der Waals surface area contributed by atoms with Crippen molar-refractivity contribution in [2.24, 2.45) is 11.1 Å². The quantitative estimate of drug-likeness (QED) is 0.857. The highest BCUT2D eigenvalue weighted by molar-refractivity contribution is 9.11. The molecule has 0 radical (unpaired) electrons. The Morgan fingerprint density at radius 2 is 2.21 bits per heavy atom. The fourth-order valence-electron chi connectivity index (χ4n) is 2.66. The summed E-state index contributed by atoms with van der Waals surface area (Å²) < 4.78 is 1.10. The van der Waals surface area contributed by atoms with Crippen LogP contribution in [0.25, 0.3) is 10.7 Å². The first kappa shape index (κ1) is 13.2. The fourth-order valence-corrected chi connectivity index (χ4v) is 3.99. The number of thiophene rings is 1. The lowest BCUT2D eigenvalue weighted by Gasteiger charge is -2.34. The molecule has 1 aliphatic carbocycles. The molecule has 2 aromatic heterocycles. The first-order valence-electron chi connectivity index (χ1n) is 6.32. The molecule has 3 rings (SSSR count). The van der Waals surface area contributed by atoms with Crippen LogP contribution in [0, 0.1) is 5.41 Å². The normalized spacial score (nSPS) is 21.2. The van der Waals surface area contributed by atoms with Gasteiger partial charge in [0.2, 0.25) is 0 Å². The molecule has 2 heterocycles. The molecule has 100 valence electrons. The number of nitrogens with zero attached hydrogens (tertiary/aromatic N) is 2. The Bertz CT molecular complexity index is 621. The summed E-state index contributed by atoms with van der Waals surface area (Å²) in [6.07, 6.45) is 3.87. The summed E-state index contributed by atoms with van der Waals surface area (Å²) in [6, 6.07) is 4.13. The molecular formula is C14H16BrN3S. The monoisotopic (exact) mass is 337 g/mol.